The number of hydrogen-bond donors (Lipinski definition) is 2. The van der Waals surface area contributed by atoms with Crippen molar-refractivity contribution in [2.24, 2.45) is 5.92 Å². The lowest BCUT2D eigenvalue weighted by molar-refractivity contribution is -0.145. The molecule has 1 aliphatic carbocycles. The Kier molecular flexibility index (Phi) is 7.50. The molecule has 1 saturated heterocycles. The van der Waals surface area contributed by atoms with Crippen molar-refractivity contribution >= 4 is 18.0 Å². The minimum Gasteiger partial charge on any atom is -0.481 e. The van der Waals surface area contributed by atoms with Gasteiger partial charge in [0.15, 0.2) is 0 Å². The van der Waals surface area contributed by atoms with E-state index in [0.717, 1.165) is 17.5 Å². The molecule has 1 atom stereocenters. The summed E-state index contributed by atoms with van der Waals surface area (Å²) in [7, 11) is 0. The zero-order chi connectivity index (χ0) is 24.1. The Morgan fingerprint density at radius 1 is 1.03 bits per heavy atom. The van der Waals surface area contributed by atoms with E-state index in [-0.39, 0.29) is 36.8 Å². The topological polar surface area (TPSA) is 95.9 Å². The molecule has 2 N–H and O–H groups in total. The number of piperidine rings is 1. The van der Waals surface area contributed by atoms with E-state index in [1.807, 2.05) is 31.2 Å². The fourth-order valence-corrected chi connectivity index (χ4v) is 5.10. The number of carboxylic acid groups (broad SMARTS) is 1. The Hall–Kier alpha value is -3.35. The van der Waals surface area contributed by atoms with Gasteiger partial charge < -0.3 is 20.1 Å². The predicted molar refractivity (Wildman–Crippen MR) is 128 cm³/mol. The maximum Gasteiger partial charge on any atom is 0.407 e. The highest BCUT2D eigenvalue weighted by molar-refractivity contribution is 5.80. The highest BCUT2D eigenvalue weighted by Crippen LogP contribution is 2.44. The van der Waals surface area contributed by atoms with E-state index in [9.17, 15) is 14.4 Å². The van der Waals surface area contributed by atoms with Gasteiger partial charge in [0.1, 0.15) is 6.61 Å². The summed E-state index contributed by atoms with van der Waals surface area (Å²) in [6, 6.07) is 16.1. The molecular weight excluding hydrogens is 432 g/mol. The van der Waals surface area contributed by atoms with Gasteiger partial charge in [0.05, 0.1) is 5.92 Å². The van der Waals surface area contributed by atoms with Gasteiger partial charge >= 0.3 is 12.1 Å². The summed E-state index contributed by atoms with van der Waals surface area (Å²) in [5.74, 6) is -1.25. The molecule has 0 spiro atoms. The molecule has 0 bridgehead atoms. The number of carboxylic acids is 1. The highest BCUT2D eigenvalue weighted by Gasteiger charge is 2.30. The molecule has 180 valence electrons. The normalized spacial score (nSPS) is 16.4. The van der Waals surface area contributed by atoms with Crippen LogP contribution in [-0.2, 0) is 14.3 Å². The summed E-state index contributed by atoms with van der Waals surface area (Å²) in [6.45, 7) is 3.13. The van der Waals surface area contributed by atoms with Crippen LogP contribution in [0.5, 0.6) is 0 Å². The van der Waals surface area contributed by atoms with Crippen molar-refractivity contribution < 1.29 is 24.2 Å². The van der Waals surface area contributed by atoms with E-state index < -0.39 is 12.1 Å². The number of hydrogen-bond acceptors (Lipinski definition) is 4. The van der Waals surface area contributed by atoms with E-state index in [2.05, 4.69) is 29.6 Å². The molecule has 2 aromatic carbocycles. The largest absolute Gasteiger partial charge is 0.481 e. The van der Waals surface area contributed by atoms with E-state index in [1.165, 1.54) is 11.1 Å². The molecular formula is C27H32N2O5. The van der Waals surface area contributed by atoms with Crippen molar-refractivity contribution in [3.05, 3.63) is 59.7 Å². The fraction of sp³-hybridized carbons (Fsp3) is 0.444. The first-order chi connectivity index (χ1) is 16.5. The summed E-state index contributed by atoms with van der Waals surface area (Å²) < 4.78 is 5.64. The Bertz CT molecular complexity index is 999. The SMILES string of the molecule is CCC[C@H](CC(=O)N1CCC(C(=O)O)CC1)NC(=O)OCC1c2ccccc2-c2ccccc21. The van der Waals surface area contributed by atoms with E-state index in [4.69, 9.17) is 9.84 Å². The molecule has 34 heavy (non-hydrogen) atoms. The smallest absolute Gasteiger partial charge is 0.407 e. The zero-order valence-electron chi connectivity index (χ0n) is 19.5. The van der Waals surface area contributed by atoms with Crippen LogP contribution in [-0.4, -0.2) is 53.7 Å². The minimum absolute atomic E-state index is 0.0139. The van der Waals surface area contributed by atoms with Gasteiger partial charge in [-0.05, 0) is 41.5 Å². The van der Waals surface area contributed by atoms with Crippen LogP contribution in [0.15, 0.2) is 48.5 Å². The van der Waals surface area contributed by atoms with Crippen LogP contribution >= 0.6 is 0 Å². The van der Waals surface area contributed by atoms with Gasteiger partial charge in [0.2, 0.25) is 5.91 Å². The molecule has 0 aromatic heterocycles. The number of rotatable bonds is 8. The average Bonchev–Trinajstić information content (AvgIpc) is 3.16. The van der Waals surface area contributed by atoms with Crippen LogP contribution < -0.4 is 5.32 Å². The standard InChI is InChI=1S/C27H32N2O5/c1-2-7-19(16-25(30)29-14-12-18(13-15-29)26(31)32)28-27(33)34-17-24-22-10-5-3-8-20(22)21-9-4-6-11-23(21)24/h3-6,8-11,18-19,24H,2,7,12-17H2,1H3,(H,28,33)(H,31,32)/t19-/m1/s1. The first-order valence-electron chi connectivity index (χ1n) is 12.1. The summed E-state index contributed by atoms with van der Waals surface area (Å²) in [6.07, 6.45) is 2.11. The Labute approximate surface area is 200 Å². The highest BCUT2D eigenvalue weighted by atomic mass is 16.5. The molecule has 1 fully saturated rings. The van der Waals surface area contributed by atoms with Gasteiger partial charge in [0, 0.05) is 31.5 Å². The van der Waals surface area contributed by atoms with Crippen LogP contribution in [0.25, 0.3) is 11.1 Å². The van der Waals surface area contributed by atoms with E-state index in [0.29, 0.717) is 32.4 Å². The van der Waals surface area contributed by atoms with Gasteiger partial charge in [-0.3, -0.25) is 9.59 Å². The van der Waals surface area contributed by atoms with Gasteiger partial charge in [-0.1, -0.05) is 61.9 Å². The van der Waals surface area contributed by atoms with Crippen molar-refractivity contribution in [1.82, 2.24) is 10.2 Å². The van der Waals surface area contributed by atoms with Crippen LogP contribution in [0.4, 0.5) is 4.79 Å². The third-order valence-electron chi connectivity index (χ3n) is 6.92. The van der Waals surface area contributed by atoms with Crippen molar-refractivity contribution in [1.29, 1.82) is 0 Å². The van der Waals surface area contributed by atoms with Crippen molar-refractivity contribution in [2.75, 3.05) is 19.7 Å². The summed E-state index contributed by atoms with van der Waals surface area (Å²) in [5.41, 5.74) is 4.66. The number of fused-ring (bicyclic) bond motifs is 3. The molecule has 0 saturated carbocycles. The molecule has 2 aliphatic rings. The average molecular weight is 465 g/mol. The number of alkyl carbamates (subject to hydrolysis) is 1. The first-order valence-corrected chi connectivity index (χ1v) is 12.1. The number of carbonyl (C=O) groups excluding carboxylic acids is 2. The van der Waals surface area contributed by atoms with Crippen LogP contribution in [0, 0.1) is 5.92 Å². The predicted octanol–water partition coefficient (Wildman–Crippen LogP) is 4.41. The lowest BCUT2D eigenvalue weighted by Gasteiger charge is -2.31. The number of amides is 2. The van der Waals surface area contributed by atoms with Crippen molar-refractivity contribution in [3.8, 4) is 11.1 Å². The van der Waals surface area contributed by atoms with Crippen molar-refractivity contribution in [2.45, 2.75) is 51.0 Å². The number of ether oxygens (including phenoxy) is 1. The number of benzene rings is 2. The number of nitrogens with zero attached hydrogens (tertiary/aromatic N) is 1. The van der Waals surface area contributed by atoms with Gasteiger partial charge in [0.25, 0.3) is 0 Å². The molecule has 2 amide bonds. The second kappa shape index (κ2) is 10.7. The van der Waals surface area contributed by atoms with Gasteiger partial charge in [-0.25, -0.2) is 4.79 Å². The van der Waals surface area contributed by atoms with Crippen LogP contribution in [0.1, 0.15) is 56.1 Å². The maximum absolute atomic E-state index is 12.8. The molecule has 1 heterocycles. The lowest BCUT2D eigenvalue weighted by atomic mass is 9.96. The maximum atomic E-state index is 12.8. The minimum atomic E-state index is -0.798. The monoisotopic (exact) mass is 464 g/mol. The Balaban J connectivity index is 1.32. The molecule has 0 radical (unpaired) electrons. The first kappa shape index (κ1) is 23.8. The molecule has 2 aromatic rings. The third-order valence-corrected chi connectivity index (χ3v) is 6.92. The molecule has 7 heteroatoms. The second-order valence-corrected chi connectivity index (χ2v) is 9.15. The molecule has 1 aliphatic heterocycles. The molecule has 0 unspecified atom stereocenters. The van der Waals surface area contributed by atoms with E-state index in [1.54, 1.807) is 4.90 Å². The fourth-order valence-electron chi connectivity index (χ4n) is 5.10. The summed E-state index contributed by atoms with van der Waals surface area (Å²) in [4.78, 5) is 38.3. The van der Waals surface area contributed by atoms with Gasteiger partial charge in [-0.2, -0.15) is 0 Å². The van der Waals surface area contributed by atoms with E-state index >= 15 is 0 Å². The zero-order valence-corrected chi connectivity index (χ0v) is 19.5. The number of carbonyl (C=O) groups is 3. The quantitative estimate of drug-likeness (QED) is 0.603. The van der Waals surface area contributed by atoms with Gasteiger partial charge in [-0.15, -0.1) is 0 Å². The summed E-state index contributed by atoms with van der Waals surface area (Å²) in [5, 5.41) is 12.0. The number of nitrogens with one attached hydrogen (secondary N) is 1. The number of likely N-dealkylation sites (tertiary alicyclic amines) is 1. The van der Waals surface area contributed by atoms with Crippen LogP contribution in [0.3, 0.4) is 0 Å². The Morgan fingerprint density at radius 2 is 1.62 bits per heavy atom. The number of aliphatic carboxylic acids is 1. The second-order valence-electron chi connectivity index (χ2n) is 9.15. The molecule has 7 nitrogen and oxygen atoms in total. The molecule has 4 rings (SSSR count). The Morgan fingerprint density at radius 3 is 2.18 bits per heavy atom. The van der Waals surface area contributed by atoms with Crippen LogP contribution in [0.2, 0.25) is 0 Å². The third kappa shape index (κ3) is 5.24. The lowest BCUT2D eigenvalue weighted by Crippen LogP contribution is -2.44. The van der Waals surface area contributed by atoms with Crippen molar-refractivity contribution in [3.63, 3.8) is 0 Å². The summed E-state index contributed by atoms with van der Waals surface area (Å²) >= 11 is 0.